The quantitative estimate of drug-likeness (QED) is 0.104. The molecule has 9 heteroatoms. The first-order valence-corrected chi connectivity index (χ1v) is 11.7. The van der Waals surface area contributed by atoms with E-state index in [1.165, 1.54) is 89.7 Å². The lowest BCUT2D eigenvalue weighted by atomic mass is 10.0. The summed E-state index contributed by atoms with van der Waals surface area (Å²) in [6.07, 6.45) is 24.1. The van der Waals surface area contributed by atoms with Crippen LogP contribution in [-0.4, -0.2) is 19.9 Å². The molecule has 28 heavy (non-hydrogen) atoms. The number of hydrogen-bond donors (Lipinski definition) is 1. The van der Waals surface area contributed by atoms with E-state index in [1.807, 2.05) is 6.08 Å². The zero-order valence-electron chi connectivity index (χ0n) is 17.1. The summed E-state index contributed by atoms with van der Waals surface area (Å²) in [6, 6.07) is 0. The Bertz CT molecular complexity index is 481. The molecule has 0 spiro atoms. The average molecular weight is 424 g/mol. The van der Waals surface area contributed by atoms with E-state index in [4.69, 9.17) is 5.26 Å². The third-order valence-corrected chi connectivity index (χ3v) is 4.77. The fourth-order valence-corrected chi connectivity index (χ4v) is 3.06. The molecule has 0 unspecified atom stereocenters. The molecule has 0 rings (SSSR count). The molecule has 0 aliphatic heterocycles. The van der Waals surface area contributed by atoms with Crippen molar-refractivity contribution in [2.75, 3.05) is 0 Å². The normalized spacial score (nSPS) is 12.4. The van der Waals surface area contributed by atoms with Crippen molar-refractivity contribution < 1.29 is 32.4 Å². The van der Waals surface area contributed by atoms with Gasteiger partial charge < -0.3 is 0 Å². The fraction of sp³-hybridized carbons (Fsp3) is 0.842. The molecule has 8 nitrogen and oxygen atoms in total. The minimum Gasteiger partial charge on any atom is -0.245 e. The van der Waals surface area contributed by atoms with Crippen LogP contribution in [-0.2, 0) is 29.1 Å². The molecule has 0 aromatic carbocycles. The minimum absolute atomic E-state index is 0.898. The standard InChI is InChI=1S/C19H37NO7S/c1-2-3-4-5-6-7-8-9-10-11-12-13-14-15-16-17-18-19-20-24-28(22,23)27-26-25-21/h17-19,21H,2-16H2,1H3. The monoisotopic (exact) mass is 423 g/mol. The van der Waals surface area contributed by atoms with Crippen molar-refractivity contribution in [2.24, 2.45) is 5.16 Å². The second kappa shape index (κ2) is 20.7. The number of unbranched alkanes of at least 4 members (excludes halogenated alkanes) is 14. The highest BCUT2D eigenvalue weighted by Crippen LogP contribution is 2.13. The average Bonchev–Trinajstić information content (AvgIpc) is 2.68. The first-order valence-electron chi connectivity index (χ1n) is 10.4. The van der Waals surface area contributed by atoms with Crippen LogP contribution in [0.3, 0.4) is 0 Å². The fourth-order valence-electron chi connectivity index (χ4n) is 2.79. The molecule has 0 heterocycles. The summed E-state index contributed by atoms with van der Waals surface area (Å²) in [6.45, 7) is 2.26. The van der Waals surface area contributed by atoms with Gasteiger partial charge in [-0.2, -0.15) is 8.42 Å². The summed E-state index contributed by atoms with van der Waals surface area (Å²) in [5.41, 5.74) is 0. The van der Waals surface area contributed by atoms with Gasteiger partial charge in [0.15, 0.2) is 0 Å². The number of oxime groups is 1. The van der Waals surface area contributed by atoms with Gasteiger partial charge in [-0.05, 0) is 33.3 Å². The summed E-state index contributed by atoms with van der Waals surface area (Å²) < 4.78 is 29.3. The van der Waals surface area contributed by atoms with Crippen LogP contribution < -0.4 is 0 Å². The van der Waals surface area contributed by atoms with Crippen molar-refractivity contribution in [2.45, 2.75) is 103 Å². The molecule has 0 radical (unpaired) electrons. The second-order valence-corrected chi connectivity index (χ2v) is 7.86. The van der Waals surface area contributed by atoms with Crippen LogP contribution in [0.4, 0.5) is 0 Å². The molecule has 0 aliphatic rings. The number of rotatable bonds is 21. The molecule has 0 bridgehead atoms. The van der Waals surface area contributed by atoms with Gasteiger partial charge in [-0.15, -0.1) is 0 Å². The largest absolute Gasteiger partial charge is 0.499 e. The van der Waals surface area contributed by atoms with Crippen LogP contribution in [0.2, 0.25) is 0 Å². The van der Waals surface area contributed by atoms with E-state index >= 15 is 0 Å². The van der Waals surface area contributed by atoms with Crippen molar-refractivity contribution in [1.82, 2.24) is 0 Å². The third kappa shape index (κ3) is 21.3. The topological polar surface area (TPSA) is 104 Å². The van der Waals surface area contributed by atoms with Gasteiger partial charge in [0.2, 0.25) is 0 Å². The molecule has 0 fully saturated rings. The predicted molar refractivity (Wildman–Crippen MR) is 108 cm³/mol. The van der Waals surface area contributed by atoms with Crippen molar-refractivity contribution >= 4 is 16.6 Å². The van der Waals surface area contributed by atoms with E-state index in [0.717, 1.165) is 12.8 Å². The van der Waals surface area contributed by atoms with Gasteiger partial charge in [-0.1, -0.05) is 102 Å². The Morgan fingerprint density at radius 1 is 0.821 bits per heavy atom. The molecule has 0 atom stereocenters. The van der Waals surface area contributed by atoms with E-state index in [2.05, 4.69) is 30.8 Å². The summed E-state index contributed by atoms with van der Waals surface area (Å²) in [4.78, 5) is 0. The van der Waals surface area contributed by atoms with Gasteiger partial charge >= 0.3 is 10.4 Å². The highest BCUT2D eigenvalue weighted by atomic mass is 32.3. The first-order chi connectivity index (χ1) is 13.6. The summed E-state index contributed by atoms with van der Waals surface area (Å²) in [5, 5.41) is 17.2. The van der Waals surface area contributed by atoms with Gasteiger partial charge in [0, 0.05) is 0 Å². The molecule has 0 aliphatic carbocycles. The zero-order chi connectivity index (χ0) is 20.8. The minimum atomic E-state index is -4.51. The second-order valence-electron chi connectivity index (χ2n) is 6.76. The van der Waals surface area contributed by atoms with E-state index in [-0.39, 0.29) is 0 Å². The van der Waals surface area contributed by atoms with Gasteiger partial charge in [-0.3, -0.25) is 0 Å². The Morgan fingerprint density at radius 2 is 1.32 bits per heavy atom. The van der Waals surface area contributed by atoms with Crippen LogP contribution in [0.25, 0.3) is 0 Å². The molecule has 166 valence electrons. The maximum Gasteiger partial charge on any atom is 0.499 e. The van der Waals surface area contributed by atoms with E-state index < -0.39 is 10.4 Å². The Balaban J connectivity index is 3.32. The summed E-state index contributed by atoms with van der Waals surface area (Å²) in [7, 11) is -4.51. The molecular weight excluding hydrogens is 386 g/mol. The van der Waals surface area contributed by atoms with E-state index in [1.54, 1.807) is 6.08 Å². The van der Waals surface area contributed by atoms with Crippen molar-refractivity contribution in [1.29, 1.82) is 0 Å². The molecule has 0 aromatic rings. The maximum atomic E-state index is 10.9. The predicted octanol–water partition coefficient (Wildman–Crippen LogP) is 6.01. The number of nitrogens with zero attached hydrogens (tertiary/aromatic N) is 1. The van der Waals surface area contributed by atoms with E-state index in [0.29, 0.717) is 0 Å². The Kier molecular flexibility index (Phi) is 20.0. The van der Waals surface area contributed by atoms with Crippen LogP contribution in [0.5, 0.6) is 0 Å². The van der Waals surface area contributed by atoms with Crippen LogP contribution in [0.1, 0.15) is 103 Å². The molecule has 0 saturated heterocycles. The van der Waals surface area contributed by atoms with Gasteiger partial charge in [0.05, 0.1) is 6.21 Å². The van der Waals surface area contributed by atoms with Crippen LogP contribution in [0.15, 0.2) is 17.3 Å². The number of hydrogen-bond acceptors (Lipinski definition) is 8. The van der Waals surface area contributed by atoms with Crippen molar-refractivity contribution in [3.8, 4) is 0 Å². The van der Waals surface area contributed by atoms with Crippen LogP contribution in [0, 0.1) is 0 Å². The Labute approximate surface area is 170 Å². The SMILES string of the molecule is CCCCCCCCCCCCCCCCC=CC=NOS(=O)(=O)OOOO. The van der Waals surface area contributed by atoms with Gasteiger partial charge in [0.25, 0.3) is 0 Å². The highest BCUT2D eigenvalue weighted by molar-refractivity contribution is 7.81. The lowest BCUT2D eigenvalue weighted by Crippen LogP contribution is -2.07. The van der Waals surface area contributed by atoms with Gasteiger partial charge in [0.1, 0.15) is 0 Å². The lowest BCUT2D eigenvalue weighted by Gasteiger charge is -2.02. The smallest absolute Gasteiger partial charge is 0.245 e. The first kappa shape index (κ1) is 27.0. The van der Waals surface area contributed by atoms with Gasteiger partial charge in [-0.25, -0.2) is 9.54 Å². The van der Waals surface area contributed by atoms with Crippen molar-refractivity contribution in [3.05, 3.63) is 12.2 Å². The van der Waals surface area contributed by atoms with E-state index in [9.17, 15) is 8.42 Å². The maximum absolute atomic E-state index is 10.9. The molecular formula is C19H37NO7S. The molecule has 0 aromatic heterocycles. The van der Waals surface area contributed by atoms with Crippen LogP contribution >= 0.6 is 0 Å². The zero-order valence-corrected chi connectivity index (χ0v) is 17.9. The lowest BCUT2D eigenvalue weighted by molar-refractivity contribution is -0.595. The van der Waals surface area contributed by atoms with Crippen molar-refractivity contribution in [3.63, 3.8) is 0 Å². The summed E-state index contributed by atoms with van der Waals surface area (Å²) >= 11 is 0. The molecule has 1 N–H and O–H groups in total. The molecule has 0 amide bonds. The molecule has 0 saturated carbocycles. The Morgan fingerprint density at radius 3 is 1.82 bits per heavy atom. The third-order valence-electron chi connectivity index (χ3n) is 4.28. The highest BCUT2D eigenvalue weighted by Gasteiger charge is 2.14. The number of allylic oxidation sites excluding steroid dienone is 2. The summed E-state index contributed by atoms with van der Waals surface area (Å²) in [5.74, 6) is 0. The Hall–Kier alpha value is -1.00.